The van der Waals surface area contributed by atoms with Crippen LogP contribution in [0.25, 0.3) is 0 Å². The van der Waals surface area contributed by atoms with Gasteiger partial charge in [0.1, 0.15) is 11.2 Å². The molecule has 1 aliphatic rings. The Balaban J connectivity index is 1.81. The van der Waals surface area contributed by atoms with Gasteiger partial charge in [-0.1, -0.05) is 0 Å². The molecule has 1 aromatic rings. The number of nitrogens with one attached hydrogen (secondary N) is 2. The van der Waals surface area contributed by atoms with Gasteiger partial charge in [0.05, 0.1) is 13.2 Å². The van der Waals surface area contributed by atoms with E-state index in [1.807, 2.05) is 6.92 Å². The third-order valence-corrected chi connectivity index (χ3v) is 3.45. The molecule has 1 aromatic carbocycles. The largest absolute Gasteiger partial charge is 0.494 e. The van der Waals surface area contributed by atoms with Gasteiger partial charge in [-0.25, -0.2) is 0 Å². The van der Waals surface area contributed by atoms with Gasteiger partial charge in [0.15, 0.2) is 0 Å². The van der Waals surface area contributed by atoms with Crippen molar-refractivity contribution in [2.75, 3.05) is 18.5 Å². The van der Waals surface area contributed by atoms with Crippen LogP contribution in [0.4, 0.5) is 5.69 Å². The lowest BCUT2D eigenvalue weighted by molar-refractivity contribution is -0.149. The average molecular weight is 306 g/mol. The zero-order chi connectivity index (χ0) is 16.2. The van der Waals surface area contributed by atoms with Gasteiger partial charge in [-0.15, -0.1) is 0 Å². The summed E-state index contributed by atoms with van der Waals surface area (Å²) in [5.74, 6) is -1.47. The minimum atomic E-state index is -1.33. The second-order valence-corrected chi connectivity index (χ2v) is 5.08. The predicted molar refractivity (Wildman–Crippen MR) is 78.6 cm³/mol. The van der Waals surface area contributed by atoms with E-state index in [9.17, 15) is 14.4 Å². The molecule has 0 saturated heterocycles. The highest BCUT2D eigenvalue weighted by molar-refractivity contribution is 6.06. The molecule has 0 aliphatic heterocycles. The van der Waals surface area contributed by atoms with E-state index in [2.05, 4.69) is 10.6 Å². The molecule has 0 aromatic heterocycles. The zero-order valence-corrected chi connectivity index (χ0v) is 12.2. The quantitative estimate of drug-likeness (QED) is 0.652. The summed E-state index contributed by atoms with van der Waals surface area (Å²) in [5.41, 5.74) is -0.763. The molecule has 1 fully saturated rings. The lowest BCUT2D eigenvalue weighted by atomic mass is 10.1. The lowest BCUT2D eigenvalue weighted by Crippen LogP contribution is -2.40. The molecule has 118 valence electrons. The molecule has 7 heteroatoms. The van der Waals surface area contributed by atoms with Crippen LogP contribution in [0.1, 0.15) is 19.8 Å². The Labute approximate surface area is 127 Å². The van der Waals surface area contributed by atoms with Crippen molar-refractivity contribution in [1.82, 2.24) is 5.32 Å². The number of hydrogen-bond donors (Lipinski definition) is 3. The van der Waals surface area contributed by atoms with Crippen molar-refractivity contribution in [2.24, 2.45) is 5.41 Å². The van der Waals surface area contributed by atoms with E-state index in [0.717, 1.165) is 0 Å². The Morgan fingerprint density at radius 3 is 2.36 bits per heavy atom. The SMILES string of the molecule is CCOc1ccc(NC(=O)CNC(=O)C2(C(=O)O)CC2)cc1. The van der Waals surface area contributed by atoms with E-state index in [1.54, 1.807) is 24.3 Å². The van der Waals surface area contributed by atoms with Crippen molar-refractivity contribution >= 4 is 23.5 Å². The summed E-state index contributed by atoms with van der Waals surface area (Å²) in [7, 11) is 0. The third kappa shape index (κ3) is 3.55. The summed E-state index contributed by atoms with van der Waals surface area (Å²) in [4.78, 5) is 34.5. The first kappa shape index (κ1) is 15.8. The molecule has 0 heterocycles. The van der Waals surface area contributed by atoms with Gasteiger partial charge in [-0.3, -0.25) is 14.4 Å². The number of carbonyl (C=O) groups excluding carboxylic acids is 2. The summed E-state index contributed by atoms with van der Waals surface area (Å²) in [6.07, 6.45) is 0.628. The van der Waals surface area contributed by atoms with E-state index in [0.29, 0.717) is 30.9 Å². The zero-order valence-electron chi connectivity index (χ0n) is 12.2. The molecule has 0 bridgehead atoms. The topological polar surface area (TPSA) is 105 Å². The van der Waals surface area contributed by atoms with E-state index in [1.165, 1.54) is 0 Å². The molecule has 1 saturated carbocycles. The Morgan fingerprint density at radius 2 is 1.86 bits per heavy atom. The molecular weight excluding hydrogens is 288 g/mol. The molecular formula is C15H18N2O5. The number of benzene rings is 1. The van der Waals surface area contributed by atoms with Gasteiger partial charge < -0.3 is 20.5 Å². The van der Waals surface area contributed by atoms with Crippen LogP contribution in [0, 0.1) is 5.41 Å². The smallest absolute Gasteiger partial charge is 0.319 e. The van der Waals surface area contributed by atoms with Gasteiger partial charge in [-0.05, 0) is 44.0 Å². The number of carboxylic acid groups (broad SMARTS) is 1. The van der Waals surface area contributed by atoms with Gasteiger partial charge in [0.2, 0.25) is 11.8 Å². The second kappa shape index (κ2) is 6.46. The molecule has 0 atom stereocenters. The summed E-state index contributed by atoms with van der Waals surface area (Å²) in [5, 5.41) is 13.9. The van der Waals surface area contributed by atoms with Crippen molar-refractivity contribution in [3.05, 3.63) is 24.3 Å². The fourth-order valence-electron chi connectivity index (χ4n) is 2.00. The Bertz CT molecular complexity index is 578. The van der Waals surface area contributed by atoms with Crippen LogP contribution in [-0.2, 0) is 14.4 Å². The molecule has 2 rings (SSSR count). The van der Waals surface area contributed by atoms with Gasteiger partial charge in [0.25, 0.3) is 0 Å². The average Bonchev–Trinajstić information content (AvgIpc) is 3.29. The van der Waals surface area contributed by atoms with Crippen LogP contribution in [0.2, 0.25) is 0 Å². The van der Waals surface area contributed by atoms with Crippen LogP contribution < -0.4 is 15.4 Å². The maximum absolute atomic E-state index is 11.8. The number of carboxylic acids is 1. The first-order valence-electron chi connectivity index (χ1n) is 7.02. The molecule has 0 radical (unpaired) electrons. The highest BCUT2D eigenvalue weighted by atomic mass is 16.5. The number of carbonyl (C=O) groups is 3. The maximum atomic E-state index is 11.8. The van der Waals surface area contributed by atoms with Crippen LogP contribution in [0.5, 0.6) is 5.75 Å². The second-order valence-electron chi connectivity index (χ2n) is 5.08. The third-order valence-electron chi connectivity index (χ3n) is 3.45. The van der Waals surface area contributed by atoms with Crippen molar-refractivity contribution in [1.29, 1.82) is 0 Å². The number of rotatable bonds is 7. The minimum absolute atomic E-state index is 0.263. The van der Waals surface area contributed by atoms with Gasteiger partial charge in [0, 0.05) is 5.69 Å². The molecule has 1 aliphatic carbocycles. The Morgan fingerprint density at radius 1 is 1.23 bits per heavy atom. The van der Waals surface area contributed by atoms with Crippen molar-refractivity contribution in [3.8, 4) is 5.75 Å². The van der Waals surface area contributed by atoms with Crippen LogP contribution in [-0.4, -0.2) is 36.0 Å². The van der Waals surface area contributed by atoms with E-state index < -0.39 is 23.2 Å². The highest BCUT2D eigenvalue weighted by Crippen LogP contribution is 2.45. The van der Waals surface area contributed by atoms with Crippen LogP contribution >= 0.6 is 0 Å². The number of amides is 2. The van der Waals surface area contributed by atoms with Crippen LogP contribution in [0.15, 0.2) is 24.3 Å². The highest BCUT2D eigenvalue weighted by Gasteiger charge is 2.57. The molecule has 0 spiro atoms. The number of hydrogen-bond acceptors (Lipinski definition) is 4. The predicted octanol–water partition coefficient (Wildman–Crippen LogP) is 1.00. The van der Waals surface area contributed by atoms with E-state index >= 15 is 0 Å². The summed E-state index contributed by atoms with van der Waals surface area (Å²) in [6, 6.07) is 6.82. The number of ether oxygens (including phenoxy) is 1. The number of anilines is 1. The standard InChI is InChI=1S/C15H18N2O5/c1-2-22-11-5-3-10(4-6-11)17-12(18)9-16-13(19)15(7-8-15)14(20)21/h3-6H,2,7-9H2,1H3,(H,16,19)(H,17,18)(H,20,21). The van der Waals surface area contributed by atoms with Crippen molar-refractivity contribution in [2.45, 2.75) is 19.8 Å². The summed E-state index contributed by atoms with van der Waals surface area (Å²) in [6.45, 7) is 2.17. The first-order valence-corrected chi connectivity index (χ1v) is 7.02. The van der Waals surface area contributed by atoms with Crippen LogP contribution in [0.3, 0.4) is 0 Å². The molecule has 2 amide bonds. The first-order chi connectivity index (χ1) is 10.5. The number of aliphatic carboxylic acids is 1. The molecule has 3 N–H and O–H groups in total. The van der Waals surface area contributed by atoms with Gasteiger partial charge >= 0.3 is 5.97 Å². The Kier molecular flexibility index (Phi) is 4.65. The fourth-order valence-corrected chi connectivity index (χ4v) is 2.00. The molecule has 7 nitrogen and oxygen atoms in total. The summed E-state index contributed by atoms with van der Waals surface area (Å²) >= 11 is 0. The monoisotopic (exact) mass is 306 g/mol. The van der Waals surface area contributed by atoms with Gasteiger partial charge in [-0.2, -0.15) is 0 Å². The van der Waals surface area contributed by atoms with E-state index in [-0.39, 0.29) is 6.54 Å². The minimum Gasteiger partial charge on any atom is -0.494 e. The Hall–Kier alpha value is -2.57. The fraction of sp³-hybridized carbons (Fsp3) is 0.400. The van der Waals surface area contributed by atoms with E-state index in [4.69, 9.17) is 9.84 Å². The van der Waals surface area contributed by atoms with Crippen molar-refractivity contribution < 1.29 is 24.2 Å². The molecule has 22 heavy (non-hydrogen) atoms. The summed E-state index contributed by atoms with van der Waals surface area (Å²) < 4.78 is 5.29. The lowest BCUT2D eigenvalue weighted by Gasteiger charge is -2.11. The maximum Gasteiger partial charge on any atom is 0.319 e. The molecule has 0 unspecified atom stereocenters. The van der Waals surface area contributed by atoms with Crippen molar-refractivity contribution in [3.63, 3.8) is 0 Å². The normalized spacial score (nSPS) is 14.8.